The van der Waals surface area contributed by atoms with Crippen LogP contribution in [0.15, 0.2) is 42.5 Å². The Hall–Kier alpha value is -2.68. The lowest BCUT2D eigenvalue weighted by molar-refractivity contribution is -0.140. The van der Waals surface area contributed by atoms with Gasteiger partial charge in [-0.05, 0) is 43.7 Å². The van der Waals surface area contributed by atoms with Gasteiger partial charge >= 0.3 is 6.18 Å². The van der Waals surface area contributed by atoms with Crippen molar-refractivity contribution < 1.29 is 31.5 Å². The number of carbonyl (C=O) groups is 1. The Balaban J connectivity index is 1.60. The van der Waals surface area contributed by atoms with Gasteiger partial charge in [-0.3, -0.25) is 9.69 Å². The second kappa shape index (κ2) is 9.21. The number of alkyl halides is 3. The van der Waals surface area contributed by atoms with Crippen LogP contribution in [0.25, 0.3) is 0 Å². The van der Waals surface area contributed by atoms with Crippen LogP contribution in [-0.2, 0) is 17.5 Å². The van der Waals surface area contributed by atoms with E-state index >= 15 is 0 Å². The van der Waals surface area contributed by atoms with Gasteiger partial charge in [0.05, 0.1) is 5.56 Å². The summed E-state index contributed by atoms with van der Waals surface area (Å²) >= 11 is 0. The number of hydrogen-bond donors (Lipinski definition) is 0. The number of benzene rings is 2. The minimum Gasteiger partial charge on any atom is -0.481 e. The molecule has 1 fully saturated rings. The second-order valence-electron chi connectivity index (χ2n) is 7.70. The molecular formula is C22H23F5N2O2. The maximum Gasteiger partial charge on any atom is 0.419 e. The Morgan fingerprint density at radius 2 is 1.71 bits per heavy atom. The minimum atomic E-state index is -4.85. The van der Waals surface area contributed by atoms with Gasteiger partial charge in [0.1, 0.15) is 5.82 Å². The number of hydrogen-bond acceptors (Lipinski definition) is 3. The molecule has 3 rings (SSSR count). The van der Waals surface area contributed by atoms with Gasteiger partial charge in [-0.2, -0.15) is 13.2 Å². The van der Waals surface area contributed by atoms with E-state index in [1.54, 1.807) is 17.0 Å². The van der Waals surface area contributed by atoms with Gasteiger partial charge in [-0.1, -0.05) is 18.2 Å². The van der Waals surface area contributed by atoms with Crippen molar-refractivity contribution in [1.82, 2.24) is 9.80 Å². The van der Waals surface area contributed by atoms with Crippen molar-refractivity contribution in [3.05, 3.63) is 65.2 Å². The van der Waals surface area contributed by atoms with Crippen LogP contribution in [0.3, 0.4) is 0 Å². The summed E-state index contributed by atoms with van der Waals surface area (Å²) in [6.07, 6.45) is -4.85. The van der Waals surface area contributed by atoms with Crippen LogP contribution in [0, 0.1) is 11.6 Å². The molecule has 1 aliphatic rings. The van der Waals surface area contributed by atoms with E-state index in [1.165, 1.54) is 12.1 Å². The third-order valence-electron chi connectivity index (χ3n) is 5.35. The molecule has 1 saturated heterocycles. The lowest BCUT2D eigenvalue weighted by Crippen LogP contribution is -2.58. The van der Waals surface area contributed by atoms with Crippen molar-refractivity contribution >= 4 is 5.91 Å². The maximum atomic E-state index is 14.1. The Kier molecular flexibility index (Phi) is 6.83. The summed E-state index contributed by atoms with van der Waals surface area (Å²) in [7, 11) is 0. The van der Waals surface area contributed by atoms with Gasteiger partial charge in [0.25, 0.3) is 5.91 Å². The van der Waals surface area contributed by atoms with Crippen LogP contribution < -0.4 is 4.74 Å². The molecule has 0 saturated carbocycles. The molecule has 0 radical (unpaired) electrons. The molecule has 2 atom stereocenters. The molecule has 0 spiro atoms. The topological polar surface area (TPSA) is 32.8 Å². The van der Waals surface area contributed by atoms with Crippen LogP contribution >= 0.6 is 0 Å². The highest BCUT2D eigenvalue weighted by molar-refractivity contribution is 5.78. The normalized spacial score (nSPS) is 20.0. The van der Waals surface area contributed by atoms with E-state index in [4.69, 9.17) is 4.74 Å². The van der Waals surface area contributed by atoms with E-state index in [0.29, 0.717) is 25.7 Å². The molecule has 2 aromatic rings. The summed E-state index contributed by atoms with van der Waals surface area (Å²) in [4.78, 5) is 16.4. The highest BCUT2D eigenvalue weighted by atomic mass is 19.4. The van der Waals surface area contributed by atoms with E-state index in [-0.39, 0.29) is 17.9 Å². The summed E-state index contributed by atoms with van der Waals surface area (Å²) in [5, 5.41) is 0. The quantitative estimate of drug-likeness (QED) is 0.640. The SMILES string of the molecule is C[C@@H]1CN(C(=O)COc2cccc(C(F)(F)F)c2F)[C@@H](C)CN1Cc1ccc(F)cc1. The summed E-state index contributed by atoms with van der Waals surface area (Å²) in [5.41, 5.74) is -0.488. The molecule has 0 aliphatic carbocycles. The fourth-order valence-electron chi connectivity index (χ4n) is 3.65. The molecule has 1 aliphatic heterocycles. The number of carbonyl (C=O) groups excluding carboxylic acids is 1. The number of nitrogens with zero attached hydrogens (tertiary/aromatic N) is 2. The van der Waals surface area contributed by atoms with Crippen molar-refractivity contribution in [2.45, 2.75) is 38.7 Å². The molecule has 1 heterocycles. The molecule has 0 N–H and O–H groups in total. The fourth-order valence-corrected chi connectivity index (χ4v) is 3.65. The van der Waals surface area contributed by atoms with Gasteiger partial charge in [-0.15, -0.1) is 0 Å². The van der Waals surface area contributed by atoms with Gasteiger partial charge in [0, 0.05) is 31.7 Å². The zero-order valence-electron chi connectivity index (χ0n) is 17.1. The lowest BCUT2D eigenvalue weighted by atomic mass is 10.1. The number of ether oxygens (including phenoxy) is 1. The smallest absolute Gasteiger partial charge is 0.419 e. The van der Waals surface area contributed by atoms with E-state index in [9.17, 15) is 26.7 Å². The van der Waals surface area contributed by atoms with Gasteiger partial charge in [0.15, 0.2) is 18.2 Å². The van der Waals surface area contributed by atoms with Crippen molar-refractivity contribution in [2.24, 2.45) is 0 Å². The highest BCUT2D eigenvalue weighted by Crippen LogP contribution is 2.34. The lowest BCUT2D eigenvalue weighted by Gasteiger charge is -2.44. The Bertz CT molecular complexity index is 917. The van der Waals surface area contributed by atoms with Crippen molar-refractivity contribution in [2.75, 3.05) is 19.7 Å². The molecule has 9 heteroatoms. The van der Waals surface area contributed by atoms with Gasteiger partial charge < -0.3 is 9.64 Å². The van der Waals surface area contributed by atoms with Crippen LogP contribution in [0.2, 0.25) is 0 Å². The predicted molar refractivity (Wildman–Crippen MR) is 104 cm³/mol. The van der Waals surface area contributed by atoms with Crippen LogP contribution in [0.5, 0.6) is 5.75 Å². The monoisotopic (exact) mass is 442 g/mol. The van der Waals surface area contributed by atoms with Crippen LogP contribution in [-0.4, -0.2) is 47.5 Å². The van der Waals surface area contributed by atoms with Crippen molar-refractivity contribution in [3.8, 4) is 5.75 Å². The minimum absolute atomic E-state index is 0.00417. The predicted octanol–water partition coefficient (Wildman–Crippen LogP) is 4.48. The Morgan fingerprint density at radius 3 is 2.35 bits per heavy atom. The Labute approximate surface area is 177 Å². The molecule has 1 amide bonds. The Morgan fingerprint density at radius 1 is 1.03 bits per heavy atom. The van der Waals surface area contributed by atoms with Gasteiger partial charge in [-0.25, -0.2) is 8.78 Å². The van der Waals surface area contributed by atoms with E-state index in [1.807, 2.05) is 13.8 Å². The number of piperazine rings is 1. The molecule has 0 unspecified atom stereocenters. The average Bonchev–Trinajstić information content (AvgIpc) is 2.70. The number of rotatable bonds is 5. The molecule has 0 aromatic heterocycles. The van der Waals surface area contributed by atoms with E-state index < -0.39 is 35.8 Å². The molecular weight excluding hydrogens is 419 g/mol. The fraction of sp³-hybridized carbons (Fsp3) is 0.409. The third-order valence-corrected chi connectivity index (χ3v) is 5.35. The van der Waals surface area contributed by atoms with Crippen LogP contribution in [0.4, 0.5) is 22.0 Å². The maximum absolute atomic E-state index is 14.1. The molecule has 0 bridgehead atoms. The molecule has 31 heavy (non-hydrogen) atoms. The first kappa shape index (κ1) is 23.0. The first-order chi connectivity index (χ1) is 14.6. The first-order valence-corrected chi connectivity index (χ1v) is 9.82. The zero-order chi connectivity index (χ0) is 22.8. The third kappa shape index (κ3) is 5.52. The van der Waals surface area contributed by atoms with E-state index in [0.717, 1.165) is 17.7 Å². The van der Waals surface area contributed by atoms with Crippen molar-refractivity contribution in [1.29, 1.82) is 0 Å². The van der Waals surface area contributed by atoms with Crippen LogP contribution in [0.1, 0.15) is 25.0 Å². The van der Waals surface area contributed by atoms with E-state index in [2.05, 4.69) is 4.90 Å². The first-order valence-electron chi connectivity index (χ1n) is 9.82. The summed E-state index contributed by atoms with van der Waals surface area (Å²) in [5.74, 6) is -2.89. The molecule has 2 aromatic carbocycles. The standard InChI is InChI=1S/C22H23F5N2O2/c1-14-11-29(15(2)10-28(14)12-16-6-8-17(23)9-7-16)20(30)13-31-19-5-3-4-18(21(19)24)22(25,26)27/h3-9,14-15H,10-13H2,1-2H3/t14-,15+/m1/s1. The largest absolute Gasteiger partial charge is 0.481 e. The highest BCUT2D eigenvalue weighted by Gasteiger charge is 2.36. The molecule has 168 valence electrons. The van der Waals surface area contributed by atoms with Gasteiger partial charge in [0.2, 0.25) is 0 Å². The summed E-state index contributed by atoms with van der Waals surface area (Å²) < 4.78 is 70.8. The molecule has 4 nitrogen and oxygen atoms in total. The summed E-state index contributed by atoms with van der Waals surface area (Å²) in [6, 6.07) is 8.74. The number of amides is 1. The zero-order valence-corrected chi connectivity index (χ0v) is 17.1. The second-order valence-corrected chi connectivity index (χ2v) is 7.70. The number of halogens is 5. The van der Waals surface area contributed by atoms with Crippen molar-refractivity contribution in [3.63, 3.8) is 0 Å². The summed E-state index contributed by atoms with van der Waals surface area (Å²) in [6.45, 7) is 4.78. The average molecular weight is 442 g/mol.